The highest BCUT2D eigenvalue weighted by Crippen LogP contribution is 2.29. The summed E-state index contributed by atoms with van der Waals surface area (Å²) in [5, 5.41) is 9.25. The van der Waals surface area contributed by atoms with Gasteiger partial charge in [0, 0.05) is 18.7 Å². The highest BCUT2D eigenvalue weighted by molar-refractivity contribution is 5.66. The van der Waals surface area contributed by atoms with Crippen LogP contribution in [-0.4, -0.2) is 24.1 Å². The van der Waals surface area contributed by atoms with Gasteiger partial charge in [-0.15, -0.1) is 0 Å². The van der Waals surface area contributed by atoms with Gasteiger partial charge in [-0.3, -0.25) is 4.90 Å². The number of benzene rings is 2. The molecule has 0 spiro atoms. The topological polar surface area (TPSA) is 49.4 Å². The zero-order valence-electron chi connectivity index (χ0n) is 15.6. The maximum absolute atomic E-state index is 9.25. The summed E-state index contributed by atoms with van der Waals surface area (Å²) in [4.78, 5) is 2.30. The molecule has 2 aromatic carbocycles. The van der Waals surface area contributed by atoms with Crippen molar-refractivity contribution in [2.24, 2.45) is 0 Å². The Balaban J connectivity index is 1.36. The van der Waals surface area contributed by atoms with Crippen LogP contribution in [0.1, 0.15) is 22.5 Å². The minimum absolute atomic E-state index is 0.221. The van der Waals surface area contributed by atoms with Gasteiger partial charge in [0.25, 0.3) is 0 Å². The van der Waals surface area contributed by atoms with Crippen molar-refractivity contribution in [2.75, 3.05) is 13.1 Å². The van der Waals surface area contributed by atoms with Gasteiger partial charge < -0.3 is 9.15 Å². The van der Waals surface area contributed by atoms with E-state index in [0.717, 1.165) is 42.5 Å². The molecule has 0 amide bonds. The molecule has 0 aliphatic carbocycles. The van der Waals surface area contributed by atoms with Gasteiger partial charge in [-0.1, -0.05) is 30.3 Å². The fraction of sp³-hybridized carbons (Fsp3) is 0.261. The molecule has 1 aliphatic rings. The van der Waals surface area contributed by atoms with Crippen molar-refractivity contribution in [3.05, 3.63) is 77.0 Å². The second-order valence-electron chi connectivity index (χ2n) is 7.08. The molecule has 0 radical (unpaired) electrons. The molecule has 4 heteroatoms. The van der Waals surface area contributed by atoms with Gasteiger partial charge in [-0.2, -0.15) is 5.26 Å². The monoisotopic (exact) mass is 358 g/mol. The fourth-order valence-corrected chi connectivity index (χ4v) is 3.50. The van der Waals surface area contributed by atoms with Gasteiger partial charge in [-0.05, 0) is 49.2 Å². The summed E-state index contributed by atoms with van der Waals surface area (Å²) in [6, 6.07) is 19.9. The van der Waals surface area contributed by atoms with Gasteiger partial charge in [0.15, 0.2) is 0 Å². The highest BCUT2D eigenvalue weighted by atomic mass is 16.5. The number of furan rings is 1. The number of hydrogen-bond donors (Lipinski definition) is 0. The van der Waals surface area contributed by atoms with Gasteiger partial charge in [0.05, 0.1) is 18.2 Å². The molecule has 3 aromatic rings. The van der Waals surface area contributed by atoms with E-state index in [2.05, 4.69) is 43.0 Å². The Morgan fingerprint density at radius 1 is 1.04 bits per heavy atom. The summed E-state index contributed by atoms with van der Waals surface area (Å²) in [6.45, 7) is 6.70. The van der Waals surface area contributed by atoms with Crippen molar-refractivity contribution in [2.45, 2.75) is 26.5 Å². The first-order chi connectivity index (χ1) is 13.1. The number of nitrogens with zero attached hydrogens (tertiary/aromatic N) is 2. The van der Waals surface area contributed by atoms with Crippen molar-refractivity contribution >= 4 is 0 Å². The number of rotatable bonds is 5. The fourth-order valence-electron chi connectivity index (χ4n) is 3.50. The smallest absolute Gasteiger partial charge is 0.135 e. The number of aryl methyl sites for hydroxylation is 2. The maximum Gasteiger partial charge on any atom is 0.135 e. The Hall–Kier alpha value is -3.03. The van der Waals surface area contributed by atoms with E-state index in [4.69, 9.17) is 9.15 Å². The Labute approximate surface area is 159 Å². The van der Waals surface area contributed by atoms with Crippen molar-refractivity contribution in [1.82, 2.24) is 4.90 Å². The second-order valence-corrected chi connectivity index (χ2v) is 7.08. The van der Waals surface area contributed by atoms with E-state index in [-0.39, 0.29) is 6.10 Å². The molecule has 1 fully saturated rings. The molecule has 1 aliphatic heterocycles. The van der Waals surface area contributed by atoms with Crippen LogP contribution in [0.15, 0.2) is 59.0 Å². The van der Waals surface area contributed by atoms with Crippen LogP contribution in [-0.2, 0) is 6.54 Å². The Morgan fingerprint density at radius 3 is 2.52 bits per heavy atom. The van der Waals surface area contributed by atoms with Crippen LogP contribution in [0.5, 0.6) is 5.75 Å². The standard InChI is InChI=1S/C23H22N2O2/c1-16-6-5-7-17(2)23(16)27-20-14-25(15-20)13-19-10-11-22(26-19)21-9-4-3-8-18(21)12-24/h3-11,20H,13-15H2,1-2H3. The lowest BCUT2D eigenvalue weighted by Crippen LogP contribution is -2.53. The summed E-state index contributed by atoms with van der Waals surface area (Å²) in [7, 11) is 0. The van der Waals surface area contributed by atoms with E-state index in [9.17, 15) is 5.26 Å². The average Bonchev–Trinajstić information content (AvgIpc) is 3.10. The zero-order chi connectivity index (χ0) is 18.8. The molecule has 0 unspecified atom stereocenters. The van der Waals surface area contributed by atoms with Crippen molar-refractivity contribution < 1.29 is 9.15 Å². The van der Waals surface area contributed by atoms with Crippen LogP contribution in [0, 0.1) is 25.2 Å². The van der Waals surface area contributed by atoms with Gasteiger partial charge in [0.1, 0.15) is 23.4 Å². The molecule has 4 rings (SSSR count). The summed E-state index contributed by atoms with van der Waals surface area (Å²) in [6.07, 6.45) is 0.221. The SMILES string of the molecule is Cc1cccc(C)c1OC1CN(Cc2ccc(-c3ccccc3C#N)o2)C1. The third-order valence-corrected chi connectivity index (χ3v) is 4.97. The third-order valence-electron chi connectivity index (χ3n) is 4.97. The zero-order valence-corrected chi connectivity index (χ0v) is 15.6. The van der Waals surface area contributed by atoms with E-state index in [1.165, 1.54) is 11.1 Å². The van der Waals surface area contributed by atoms with Crippen LogP contribution in [0.25, 0.3) is 11.3 Å². The molecular weight excluding hydrogens is 336 g/mol. The normalized spacial score (nSPS) is 14.6. The van der Waals surface area contributed by atoms with E-state index in [0.29, 0.717) is 5.56 Å². The van der Waals surface area contributed by atoms with E-state index in [1.54, 1.807) is 0 Å². The number of para-hydroxylation sites is 1. The predicted molar refractivity (Wildman–Crippen MR) is 104 cm³/mol. The molecule has 4 nitrogen and oxygen atoms in total. The molecule has 1 aromatic heterocycles. The average molecular weight is 358 g/mol. The summed E-state index contributed by atoms with van der Waals surface area (Å²) in [5.74, 6) is 2.66. The highest BCUT2D eigenvalue weighted by Gasteiger charge is 2.29. The molecule has 0 atom stereocenters. The van der Waals surface area contributed by atoms with Crippen molar-refractivity contribution in [3.8, 4) is 23.1 Å². The Morgan fingerprint density at radius 2 is 1.78 bits per heavy atom. The molecular formula is C23H22N2O2. The lowest BCUT2D eigenvalue weighted by molar-refractivity contribution is 0.0100. The molecule has 0 saturated carbocycles. The van der Waals surface area contributed by atoms with Gasteiger partial charge in [-0.25, -0.2) is 0 Å². The largest absolute Gasteiger partial charge is 0.487 e. The predicted octanol–water partition coefficient (Wildman–Crippen LogP) is 4.70. The minimum atomic E-state index is 0.221. The molecule has 1 saturated heterocycles. The first-order valence-electron chi connectivity index (χ1n) is 9.17. The summed E-state index contributed by atoms with van der Waals surface area (Å²) in [5.41, 5.74) is 3.83. The summed E-state index contributed by atoms with van der Waals surface area (Å²) >= 11 is 0. The van der Waals surface area contributed by atoms with Crippen LogP contribution in [0.3, 0.4) is 0 Å². The van der Waals surface area contributed by atoms with E-state index >= 15 is 0 Å². The number of hydrogen-bond acceptors (Lipinski definition) is 4. The molecule has 0 bridgehead atoms. The van der Waals surface area contributed by atoms with E-state index in [1.807, 2.05) is 36.4 Å². The summed E-state index contributed by atoms with van der Waals surface area (Å²) < 4.78 is 12.2. The lowest BCUT2D eigenvalue weighted by atomic mass is 10.1. The minimum Gasteiger partial charge on any atom is -0.487 e. The Bertz CT molecular complexity index is 973. The second kappa shape index (κ2) is 7.30. The van der Waals surface area contributed by atoms with Crippen LogP contribution in [0.2, 0.25) is 0 Å². The van der Waals surface area contributed by atoms with Crippen LogP contribution in [0.4, 0.5) is 0 Å². The van der Waals surface area contributed by atoms with Gasteiger partial charge in [0.2, 0.25) is 0 Å². The Kier molecular flexibility index (Phi) is 4.70. The lowest BCUT2D eigenvalue weighted by Gasteiger charge is -2.39. The van der Waals surface area contributed by atoms with E-state index < -0.39 is 0 Å². The maximum atomic E-state index is 9.25. The number of ether oxygens (including phenoxy) is 1. The van der Waals surface area contributed by atoms with Crippen LogP contribution >= 0.6 is 0 Å². The molecule has 2 heterocycles. The molecule has 136 valence electrons. The molecule has 0 N–H and O–H groups in total. The number of nitriles is 1. The van der Waals surface area contributed by atoms with Crippen LogP contribution < -0.4 is 4.74 Å². The third kappa shape index (κ3) is 3.60. The van der Waals surface area contributed by atoms with Gasteiger partial charge >= 0.3 is 0 Å². The van der Waals surface area contributed by atoms with Crippen molar-refractivity contribution in [1.29, 1.82) is 5.26 Å². The number of likely N-dealkylation sites (tertiary alicyclic amines) is 1. The first-order valence-corrected chi connectivity index (χ1v) is 9.17. The van der Waals surface area contributed by atoms with Crippen molar-refractivity contribution in [3.63, 3.8) is 0 Å². The quantitative estimate of drug-likeness (QED) is 0.663. The first kappa shape index (κ1) is 17.4. The molecule has 27 heavy (non-hydrogen) atoms.